The lowest BCUT2D eigenvalue weighted by Gasteiger charge is -2.32. The van der Waals surface area contributed by atoms with E-state index in [9.17, 15) is 24.3 Å². The van der Waals surface area contributed by atoms with Crippen molar-refractivity contribution in [1.29, 1.82) is 0 Å². The molecule has 47 heavy (non-hydrogen) atoms. The first-order chi connectivity index (χ1) is 22.5. The normalized spacial score (nSPS) is 25.4. The molecule has 1 spiro atoms. The van der Waals surface area contributed by atoms with Crippen LogP contribution in [0.4, 0.5) is 11.4 Å². The summed E-state index contributed by atoms with van der Waals surface area (Å²) in [7, 11) is -1.37. The van der Waals surface area contributed by atoms with E-state index in [1.807, 2.05) is 62.5 Å². The summed E-state index contributed by atoms with van der Waals surface area (Å²) in [6.45, 7) is 6.37. The zero-order chi connectivity index (χ0) is 33.5. The first kappa shape index (κ1) is 32.9. The summed E-state index contributed by atoms with van der Waals surface area (Å²) < 4.78 is 12.0. The van der Waals surface area contributed by atoms with Crippen LogP contribution >= 0.6 is 0 Å². The molecule has 248 valence electrons. The molecule has 2 fully saturated rings. The van der Waals surface area contributed by atoms with Crippen LogP contribution in [0, 0.1) is 5.92 Å². The number of rotatable bonds is 9. The highest BCUT2D eigenvalue weighted by Gasteiger charge is 2.66. The van der Waals surface area contributed by atoms with E-state index in [0.717, 1.165) is 29.7 Å². The molecule has 3 aliphatic heterocycles. The lowest BCUT2D eigenvalue weighted by Crippen LogP contribution is -2.46. The number of benzene rings is 3. The molecular weight excluding hydrogens is 614 g/mol. The first-order valence-corrected chi connectivity index (χ1v) is 19.3. The lowest BCUT2D eigenvalue weighted by molar-refractivity contribution is -0.150. The minimum absolute atomic E-state index is 0.0373. The van der Waals surface area contributed by atoms with Crippen molar-refractivity contribution in [3.05, 3.63) is 89.5 Å². The van der Waals surface area contributed by atoms with Gasteiger partial charge < -0.3 is 34.5 Å². The van der Waals surface area contributed by atoms with Gasteiger partial charge in [0.2, 0.25) is 5.91 Å². The van der Waals surface area contributed by atoms with Crippen LogP contribution in [0.25, 0.3) is 0 Å². The molecular formula is C36H43N3O7Si. The van der Waals surface area contributed by atoms with Crippen LogP contribution in [0.5, 0.6) is 5.75 Å². The van der Waals surface area contributed by atoms with E-state index >= 15 is 0 Å². The molecule has 3 amide bonds. The van der Waals surface area contributed by atoms with Crippen molar-refractivity contribution < 1.29 is 33.8 Å². The number of ether oxygens (including phenoxy) is 2. The molecule has 11 heteroatoms. The van der Waals surface area contributed by atoms with Gasteiger partial charge in [-0.15, -0.1) is 0 Å². The maximum absolute atomic E-state index is 14.7. The van der Waals surface area contributed by atoms with Crippen molar-refractivity contribution in [3.63, 3.8) is 0 Å². The van der Waals surface area contributed by atoms with Gasteiger partial charge in [-0.3, -0.25) is 14.4 Å². The molecule has 0 aliphatic carbocycles. The van der Waals surface area contributed by atoms with Gasteiger partial charge in [0, 0.05) is 34.8 Å². The number of amides is 3. The van der Waals surface area contributed by atoms with Gasteiger partial charge in [-0.1, -0.05) is 37.3 Å². The average Bonchev–Trinajstić information content (AvgIpc) is 3.72. The molecule has 6 rings (SSSR count). The molecule has 0 bridgehead atoms. The van der Waals surface area contributed by atoms with Crippen LogP contribution in [0.2, 0.25) is 18.6 Å². The molecule has 0 aromatic heterocycles. The summed E-state index contributed by atoms with van der Waals surface area (Å²) in [6.07, 6.45) is 0.970. The SMILES string of the molecule is COc1ccc(C(=O)Nc2cccc(CN3C(=O)[C@]4(O[C@H](CC(=O)N5CCC[C@H]5CO)[C@@H]([Si](C)(C)O)[C@@H]4C)c4ccccc43)c2)cc1. The largest absolute Gasteiger partial charge is 0.497 e. The number of carbonyl (C=O) groups is 3. The minimum atomic E-state index is -2.94. The van der Waals surface area contributed by atoms with Gasteiger partial charge >= 0.3 is 0 Å². The maximum atomic E-state index is 14.7. The fraction of sp³-hybridized carbons (Fsp3) is 0.417. The summed E-state index contributed by atoms with van der Waals surface area (Å²) in [4.78, 5) is 56.2. The Balaban J connectivity index is 1.27. The highest BCUT2D eigenvalue weighted by atomic mass is 28.4. The smallest absolute Gasteiger partial charge is 0.264 e. The lowest BCUT2D eigenvalue weighted by atomic mass is 9.82. The number of nitrogens with one attached hydrogen (secondary N) is 1. The van der Waals surface area contributed by atoms with Crippen molar-refractivity contribution in [1.82, 2.24) is 4.90 Å². The second kappa shape index (κ2) is 12.9. The van der Waals surface area contributed by atoms with Gasteiger partial charge in [0.1, 0.15) is 5.75 Å². The zero-order valence-electron chi connectivity index (χ0n) is 27.3. The standard InChI is InChI=1S/C36H43N3O7Si/c1-23-33(47(3,4)44)31(20-32(41)38-18-8-11-27(38)22-40)46-36(23)29-12-5-6-13-30(29)39(35(36)43)21-24-9-7-10-26(19-24)37-34(42)25-14-16-28(45-2)17-15-25/h5-7,9-10,12-17,19,23,27,31,33,40,44H,8,11,18,20-22H2,1-4H3,(H,37,42)/t23-,27-,31+,33-,36+/m0/s1. The summed E-state index contributed by atoms with van der Waals surface area (Å²) in [6, 6.07) is 21.6. The van der Waals surface area contributed by atoms with Crippen LogP contribution < -0.4 is 15.0 Å². The topological polar surface area (TPSA) is 129 Å². The molecule has 2 saturated heterocycles. The Hall–Kier alpha value is -4.03. The number of para-hydroxylation sites is 1. The third-order valence-electron chi connectivity index (χ3n) is 10.1. The van der Waals surface area contributed by atoms with Crippen molar-refractivity contribution in [3.8, 4) is 5.75 Å². The highest BCUT2D eigenvalue weighted by molar-refractivity contribution is 6.71. The maximum Gasteiger partial charge on any atom is 0.264 e. The van der Waals surface area contributed by atoms with Crippen LogP contribution in [-0.2, 0) is 26.5 Å². The van der Waals surface area contributed by atoms with E-state index in [1.165, 1.54) is 0 Å². The number of carbonyl (C=O) groups excluding carboxylic acids is 3. The Morgan fingerprint density at radius 3 is 2.53 bits per heavy atom. The highest BCUT2D eigenvalue weighted by Crippen LogP contribution is 2.59. The van der Waals surface area contributed by atoms with Gasteiger partial charge in [0.15, 0.2) is 13.9 Å². The Labute approximate surface area is 276 Å². The number of methoxy groups -OCH3 is 1. The molecule has 3 aromatic carbocycles. The number of fused-ring (bicyclic) bond motifs is 2. The van der Waals surface area contributed by atoms with Crippen molar-refractivity contribution in [2.45, 2.75) is 69.1 Å². The van der Waals surface area contributed by atoms with Crippen LogP contribution in [-0.4, -0.2) is 73.2 Å². The van der Waals surface area contributed by atoms with Gasteiger partial charge in [-0.2, -0.15) is 0 Å². The predicted molar refractivity (Wildman–Crippen MR) is 181 cm³/mol. The van der Waals surface area contributed by atoms with E-state index in [4.69, 9.17) is 9.47 Å². The van der Waals surface area contributed by atoms with Crippen LogP contribution in [0.1, 0.15) is 47.7 Å². The van der Waals surface area contributed by atoms with E-state index in [2.05, 4.69) is 5.32 Å². The number of aliphatic hydroxyl groups excluding tert-OH is 1. The Kier molecular flexibility index (Phi) is 9.01. The molecule has 10 nitrogen and oxygen atoms in total. The third-order valence-corrected chi connectivity index (χ3v) is 12.6. The molecule has 3 aromatic rings. The van der Waals surface area contributed by atoms with Crippen molar-refractivity contribution in [2.24, 2.45) is 5.92 Å². The molecule has 3 N–H and O–H groups in total. The number of nitrogens with zero attached hydrogens (tertiary/aromatic N) is 2. The molecule has 3 heterocycles. The number of hydrogen-bond donors (Lipinski definition) is 3. The Bertz CT molecular complexity index is 1660. The van der Waals surface area contributed by atoms with Gasteiger partial charge in [0.25, 0.3) is 11.8 Å². The molecule has 0 saturated carbocycles. The summed E-state index contributed by atoms with van der Waals surface area (Å²) in [5.41, 5.74) is 1.61. The molecule has 0 unspecified atom stereocenters. The number of anilines is 2. The zero-order valence-corrected chi connectivity index (χ0v) is 28.3. The van der Waals surface area contributed by atoms with E-state index in [0.29, 0.717) is 23.5 Å². The van der Waals surface area contributed by atoms with Gasteiger partial charge in [-0.05, 0) is 74.0 Å². The Morgan fingerprint density at radius 1 is 1.09 bits per heavy atom. The van der Waals surface area contributed by atoms with Crippen molar-refractivity contribution >= 4 is 37.4 Å². The fourth-order valence-corrected chi connectivity index (χ4v) is 10.5. The quantitative estimate of drug-likeness (QED) is 0.286. The predicted octanol–water partition coefficient (Wildman–Crippen LogP) is 4.67. The summed E-state index contributed by atoms with van der Waals surface area (Å²) in [5.74, 6) is -0.350. The van der Waals surface area contributed by atoms with Crippen molar-refractivity contribution in [2.75, 3.05) is 30.5 Å². The third kappa shape index (κ3) is 5.97. The first-order valence-electron chi connectivity index (χ1n) is 16.2. The molecule has 5 atom stereocenters. The number of hydrogen-bond acceptors (Lipinski definition) is 7. The van der Waals surface area contributed by atoms with E-state index in [-0.39, 0.29) is 48.9 Å². The number of aliphatic hydroxyl groups is 1. The second-order valence-electron chi connectivity index (χ2n) is 13.4. The second-order valence-corrected chi connectivity index (χ2v) is 17.4. The summed E-state index contributed by atoms with van der Waals surface area (Å²) in [5, 5.41) is 12.8. The van der Waals surface area contributed by atoms with Gasteiger partial charge in [-0.25, -0.2) is 0 Å². The molecule has 3 aliphatic rings. The Morgan fingerprint density at radius 2 is 1.83 bits per heavy atom. The monoisotopic (exact) mass is 657 g/mol. The minimum Gasteiger partial charge on any atom is -0.497 e. The summed E-state index contributed by atoms with van der Waals surface area (Å²) >= 11 is 0. The van der Waals surface area contributed by atoms with Crippen LogP contribution in [0.3, 0.4) is 0 Å². The fourth-order valence-electron chi connectivity index (χ4n) is 7.91. The average molecular weight is 658 g/mol. The molecule has 0 radical (unpaired) electrons. The van der Waals surface area contributed by atoms with Gasteiger partial charge in [0.05, 0.1) is 44.5 Å². The van der Waals surface area contributed by atoms with E-state index in [1.54, 1.807) is 47.2 Å². The number of likely N-dealkylation sites (tertiary alicyclic amines) is 1. The van der Waals surface area contributed by atoms with Crippen LogP contribution in [0.15, 0.2) is 72.8 Å². The van der Waals surface area contributed by atoms with E-state index < -0.39 is 25.9 Å².